The van der Waals surface area contributed by atoms with Crippen molar-refractivity contribution in [3.63, 3.8) is 0 Å². The van der Waals surface area contributed by atoms with Crippen molar-refractivity contribution in [2.24, 2.45) is 0 Å². The van der Waals surface area contributed by atoms with Crippen LogP contribution in [0.3, 0.4) is 0 Å². The molecule has 0 fully saturated rings. The highest BCUT2D eigenvalue weighted by molar-refractivity contribution is 6.21. The first-order valence-electron chi connectivity index (χ1n) is 7.99. The number of aliphatic hydroxyl groups excluding tert-OH is 1. The molecular weight excluding hydrogens is 330 g/mol. The van der Waals surface area contributed by atoms with E-state index in [1.165, 1.54) is 12.1 Å². The minimum atomic E-state index is -1.04. The third-order valence-electron chi connectivity index (χ3n) is 3.55. The number of hydrogen-bond donors (Lipinski definition) is 1. The normalized spacial score (nSPS) is 12.9. The number of hydrogen-bond acceptors (Lipinski definition) is 7. The fourth-order valence-corrected chi connectivity index (χ4v) is 2.31. The maximum absolute atomic E-state index is 12.0. The number of ether oxygens (including phenoxy) is 1. The van der Waals surface area contributed by atoms with E-state index in [9.17, 15) is 19.2 Å². The van der Waals surface area contributed by atoms with E-state index in [1.807, 2.05) is 0 Å². The maximum Gasteiger partial charge on any atom is 0.344 e. The Labute approximate surface area is 144 Å². The number of carbonyl (C=O) groups is 4. The Bertz CT molecular complexity index is 636. The smallest absolute Gasteiger partial charge is 0.344 e. The molecule has 1 aliphatic rings. The van der Waals surface area contributed by atoms with Crippen molar-refractivity contribution in [3.8, 4) is 0 Å². The fourth-order valence-electron chi connectivity index (χ4n) is 2.31. The fraction of sp³-hybridized carbons (Fsp3) is 0.412. The number of hydroxylamine groups is 2. The third-order valence-corrected chi connectivity index (χ3v) is 3.55. The number of imide groups is 1. The second kappa shape index (κ2) is 8.93. The molecule has 8 heteroatoms. The van der Waals surface area contributed by atoms with Gasteiger partial charge in [0.2, 0.25) is 0 Å². The van der Waals surface area contributed by atoms with Crippen LogP contribution in [0.25, 0.3) is 0 Å². The predicted octanol–water partition coefficient (Wildman–Crippen LogP) is 1.23. The first-order chi connectivity index (χ1) is 12.0. The summed E-state index contributed by atoms with van der Waals surface area (Å²) in [5, 5.41) is 8.99. The number of esters is 1. The summed E-state index contributed by atoms with van der Waals surface area (Å²) in [7, 11) is 0. The van der Waals surface area contributed by atoms with E-state index in [2.05, 4.69) is 0 Å². The standard InChI is InChI=1S/C17H19NO7/c19-9-5-1-2-6-10-24-14(20)11-15(21)25-18-16(22)12-7-3-4-8-13(12)17(18)23/h3-4,7-8,19H,1-2,5-6,9-11H2. The van der Waals surface area contributed by atoms with Crippen LogP contribution in [0.2, 0.25) is 0 Å². The molecule has 1 aromatic carbocycles. The number of carbonyl (C=O) groups excluding carboxylic acids is 4. The van der Waals surface area contributed by atoms with E-state index in [1.54, 1.807) is 12.1 Å². The van der Waals surface area contributed by atoms with Crippen LogP contribution in [0, 0.1) is 0 Å². The summed E-state index contributed by atoms with van der Waals surface area (Å²) in [4.78, 5) is 52.0. The summed E-state index contributed by atoms with van der Waals surface area (Å²) in [6.45, 7) is 0.286. The molecule has 134 valence electrons. The van der Waals surface area contributed by atoms with Crippen LogP contribution in [-0.4, -0.2) is 47.1 Å². The third kappa shape index (κ3) is 4.87. The van der Waals surface area contributed by atoms with Gasteiger partial charge in [0.05, 0.1) is 17.7 Å². The molecule has 1 N–H and O–H groups in total. The Balaban J connectivity index is 1.75. The minimum Gasteiger partial charge on any atom is -0.465 e. The summed E-state index contributed by atoms with van der Waals surface area (Å²) >= 11 is 0. The van der Waals surface area contributed by atoms with Gasteiger partial charge < -0.3 is 14.7 Å². The molecule has 0 spiro atoms. The highest BCUT2D eigenvalue weighted by Crippen LogP contribution is 2.22. The number of rotatable bonds is 9. The summed E-state index contributed by atoms with van der Waals surface area (Å²) in [5.41, 5.74) is 0.288. The quantitative estimate of drug-likeness (QED) is 0.309. The van der Waals surface area contributed by atoms with Gasteiger partial charge in [-0.1, -0.05) is 23.6 Å². The van der Waals surface area contributed by atoms with E-state index >= 15 is 0 Å². The Morgan fingerprint density at radius 1 is 0.920 bits per heavy atom. The van der Waals surface area contributed by atoms with Crippen molar-refractivity contribution < 1.29 is 33.9 Å². The van der Waals surface area contributed by atoms with Gasteiger partial charge in [-0.05, 0) is 31.4 Å². The molecule has 0 atom stereocenters. The van der Waals surface area contributed by atoms with Crippen LogP contribution in [-0.2, 0) is 19.2 Å². The first-order valence-corrected chi connectivity index (χ1v) is 7.99. The molecule has 0 saturated carbocycles. The molecule has 1 heterocycles. The minimum absolute atomic E-state index is 0.128. The zero-order valence-electron chi connectivity index (χ0n) is 13.6. The average Bonchev–Trinajstić information content (AvgIpc) is 2.83. The largest absolute Gasteiger partial charge is 0.465 e. The van der Waals surface area contributed by atoms with Gasteiger partial charge in [-0.2, -0.15) is 0 Å². The second-order valence-electron chi connectivity index (χ2n) is 5.45. The van der Waals surface area contributed by atoms with Crippen LogP contribution in [0.1, 0.15) is 52.8 Å². The van der Waals surface area contributed by atoms with Gasteiger partial charge in [0.15, 0.2) is 0 Å². The van der Waals surface area contributed by atoms with Crippen molar-refractivity contribution in [1.82, 2.24) is 5.06 Å². The second-order valence-corrected chi connectivity index (χ2v) is 5.45. The molecule has 2 amide bonds. The van der Waals surface area contributed by atoms with E-state index in [0.29, 0.717) is 17.9 Å². The van der Waals surface area contributed by atoms with Gasteiger partial charge in [-0.15, -0.1) is 0 Å². The first kappa shape index (κ1) is 18.6. The number of benzene rings is 1. The van der Waals surface area contributed by atoms with E-state index in [0.717, 1.165) is 12.8 Å². The number of unbranched alkanes of at least 4 members (excludes halogenated alkanes) is 3. The van der Waals surface area contributed by atoms with Crippen molar-refractivity contribution >= 4 is 23.8 Å². The monoisotopic (exact) mass is 349 g/mol. The van der Waals surface area contributed by atoms with Crippen LogP contribution < -0.4 is 0 Å². The Morgan fingerprint density at radius 2 is 1.52 bits per heavy atom. The van der Waals surface area contributed by atoms with Crippen LogP contribution in [0.4, 0.5) is 0 Å². The van der Waals surface area contributed by atoms with Gasteiger partial charge in [0, 0.05) is 6.61 Å². The number of amides is 2. The molecule has 8 nitrogen and oxygen atoms in total. The zero-order chi connectivity index (χ0) is 18.2. The lowest BCUT2D eigenvalue weighted by Gasteiger charge is -2.12. The molecule has 0 aromatic heterocycles. The van der Waals surface area contributed by atoms with Crippen LogP contribution in [0.15, 0.2) is 24.3 Å². The Morgan fingerprint density at radius 3 is 2.12 bits per heavy atom. The molecular formula is C17H19NO7. The number of aliphatic hydroxyl groups is 1. The van der Waals surface area contributed by atoms with E-state index < -0.39 is 30.2 Å². The highest BCUT2D eigenvalue weighted by Gasteiger charge is 2.38. The van der Waals surface area contributed by atoms with Gasteiger partial charge in [-0.25, -0.2) is 4.79 Å². The molecule has 0 bridgehead atoms. The number of nitrogens with zero attached hydrogens (tertiary/aromatic N) is 1. The average molecular weight is 349 g/mol. The summed E-state index contributed by atoms with van der Waals surface area (Å²) < 4.78 is 4.88. The van der Waals surface area contributed by atoms with Crippen LogP contribution >= 0.6 is 0 Å². The summed E-state index contributed by atoms with van der Waals surface area (Å²) in [6, 6.07) is 6.09. The van der Waals surface area contributed by atoms with Gasteiger partial charge in [0.25, 0.3) is 11.8 Å². The molecule has 0 saturated heterocycles. The van der Waals surface area contributed by atoms with Gasteiger partial charge >= 0.3 is 11.9 Å². The van der Waals surface area contributed by atoms with Crippen molar-refractivity contribution in [2.45, 2.75) is 32.1 Å². The SMILES string of the molecule is O=C(CC(=O)ON1C(=O)c2ccccc2C1=O)OCCCCCCO. The summed E-state index contributed by atoms with van der Waals surface area (Å²) in [5.74, 6) is -3.32. The maximum atomic E-state index is 12.0. The van der Waals surface area contributed by atoms with Crippen LogP contribution in [0.5, 0.6) is 0 Å². The molecule has 1 aromatic rings. The van der Waals surface area contributed by atoms with Crippen molar-refractivity contribution in [3.05, 3.63) is 35.4 Å². The molecule has 0 aliphatic carbocycles. The summed E-state index contributed by atoms with van der Waals surface area (Å²) in [6.07, 6.45) is 2.26. The van der Waals surface area contributed by atoms with E-state index in [-0.39, 0.29) is 24.3 Å². The van der Waals surface area contributed by atoms with Gasteiger partial charge in [-0.3, -0.25) is 14.4 Å². The molecule has 2 rings (SSSR count). The Hall–Kier alpha value is -2.74. The zero-order valence-corrected chi connectivity index (χ0v) is 13.6. The predicted molar refractivity (Wildman–Crippen MR) is 84.2 cm³/mol. The van der Waals surface area contributed by atoms with Crippen molar-refractivity contribution in [2.75, 3.05) is 13.2 Å². The molecule has 25 heavy (non-hydrogen) atoms. The lowest BCUT2D eigenvalue weighted by Crippen LogP contribution is -2.33. The Kier molecular flexibility index (Phi) is 6.64. The molecule has 1 aliphatic heterocycles. The highest BCUT2D eigenvalue weighted by atomic mass is 16.7. The lowest BCUT2D eigenvalue weighted by molar-refractivity contribution is -0.172. The molecule has 0 radical (unpaired) electrons. The lowest BCUT2D eigenvalue weighted by atomic mass is 10.1. The van der Waals surface area contributed by atoms with Crippen molar-refractivity contribution in [1.29, 1.82) is 0 Å². The number of fused-ring (bicyclic) bond motifs is 1. The molecule has 0 unspecified atom stereocenters. The topological polar surface area (TPSA) is 110 Å². The van der Waals surface area contributed by atoms with Gasteiger partial charge in [0.1, 0.15) is 6.42 Å². The van der Waals surface area contributed by atoms with E-state index in [4.69, 9.17) is 14.7 Å².